The van der Waals surface area contributed by atoms with E-state index in [0.717, 1.165) is 28.7 Å². The lowest BCUT2D eigenvalue weighted by molar-refractivity contribution is 0.593. The first kappa shape index (κ1) is 13.1. The average molecular weight is 248 g/mol. The summed E-state index contributed by atoms with van der Waals surface area (Å²) in [5, 5.41) is 18.3. The molecule has 2 heteroatoms. The summed E-state index contributed by atoms with van der Waals surface area (Å²) in [5.74, 6) is 0. The van der Waals surface area contributed by atoms with Gasteiger partial charge in [-0.05, 0) is 43.0 Å². The SMILES string of the molecule is CC1=CCC(C)(c2ccc(C)c(C#N)c2)C=C1C#N. The highest BCUT2D eigenvalue weighted by Crippen LogP contribution is 2.36. The minimum atomic E-state index is -0.204. The van der Waals surface area contributed by atoms with E-state index in [4.69, 9.17) is 5.26 Å². The van der Waals surface area contributed by atoms with Gasteiger partial charge in [0.15, 0.2) is 0 Å². The predicted molar refractivity (Wildman–Crippen MR) is 75.3 cm³/mol. The summed E-state index contributed by atoms with van der Waals surface area (Å²) in [5.41, 5.74) is 4.34. The summed E-state index contributed by atoms with van der Waals surface area (Å²) in [7, 11) is 0. The van der Waals surface area contributed by atoms with Gasteiger partial charge in [0.1, 0.15) is 0 Å². The molecular formula is C17H16N2. The Morgan fingerprint density at radius 3 is 2.53 bits per heavy atom. The molecule has 2 rings (SSSR count). The molecule has 0 saturated heterocycles. The highest BCUT2D eigenvalue weighted by Gasteiger charge is 2.27. The van der Waals surface area contributed by atoms with Crippen molar-refractivity contribution in [2.45, 2.75) is 32.6 Å². The quantitative estimate of drug-likeness (QED) is 0.756. The fourth-order valence-electron chi connectivity index (χ4n) is 2.39. The molecule has 0 aliphatic heterocycles. The Labute approximate surface area is 114 Å². The van der Waals surface area contributed by atoms with E-state index in [-0.39, 0.29) is 5.41 Å². The molecule has 94 valence electrons. The van der Waals surface area contributed by atoms with Gasteiger partial charge in [0.25, 0.3) is 0 Å². The Morgan fingerprint density at radius 2 is 1.89 bits per heavy atom. The van der Waals surface area contributed by atoms with E-state index in [0.29, 0.717) is 5.56 Å². The van der Waals surface area contributed by atoms with E-state index in [2.05, 4.69) is 31.2 Å². The van der Waals surface area contributed by atoms with Crippen molar-refractivity contribution >= 4 is 0 Å². The van der Waals surface area contributed by atoms with Gasteiger partial charge in [-0.25, -0.2) is 0 Å². The first-order valence-electron chi connectivity index (χ1n) is 6.31. The normalized spacial score (nSPS) is 21.9. The van der Waals surface area contributed by atoms with Crippen LogP contribution in [-0.4, -0.2) is 0 Å². The van der Waals surface area contributed by atoms with Crippen molar-refractivity contribution in [1.82, 2.24) is 0 Å². The number of nitriles is 2. The minimum Gasteiger partial charge on any atom is -0.192 e. The Hall–Kier alpha value is -2.32. The zero-order valence-electron chi connectivity index (χ0n) is 11.5. The summed E-state index contributed by atoms with van der Waals surface area (Å²) < 4.78 is 0. The van der Waals surface area contributed by atoms with Gasteiger partial charge in [0.05, 0.1) is 23.3 Å². The van der Waals surface area contributed by atoms with Crippen molar-refractivity contribution < 1.29 is 0 Å². The Kier molecular flexibility index (Phi) is 3.28. The van der Waals surface area contributed by atoms with Crippen LogP contribution < -0.4 is 0 Å². The van der Waals surface area contributed by atoms with Gasteiger partial charge < -0.3 is 0 Å². The van der Waals surface area contributed by atoms with Gasteiger partial charge in [0.2, 0.25) is 0 Å². The molecule has 0 fully saturated rings. The van der Waals surface area contributed by atoms with Crippen LogP contribution in [0.3, 0.4) is 0 Å². The topological polar surface area (TPSA) is 47.6 Å². The van der Waals surface area contributed by atoms with Crippen molar-refractivity contribution in [2.75, 3.05) is 0 Å². The zero-order chi connectivity index (χ0) is 14.0. The molecule has 0 heterocycles. The molecule has 0 N–H and O–H groups in total. The number of benzene rings is 1. The van der Waals surface area contributed by atoms with Crippen LogP contribution in [0.5, 0.6) is 0 Å². The molecule has 1 atom stereocenters. The second-order valence-electron chi connectivity index (χ2n) is 5.32. The lowest BCUT2D eigenvalue weighted by Crippen LogP contribution is -2.22. The fraction of sp³-hybridized carbons (Fsp3) is 0.294. The zero-order valence-corrected chi connectivity index (χ0v) is 11.5. The number of aryl methyl sites for hydroxylation is 1. The summed E-state index contributed by atoms with van der Waals surface area (Å²) >= 11 is 0. The van der Waals surface area contributed by atoms with Gasteiger partial charge in [-0.3, -0.25) is 0 Å². The molecule has 0 saturated carbocycles. The average Bonchev–Trinajstić information content (AvgIpc) is 2.42. The molecule has 19 heavy (non-hydrogen) atoms. The highest BCUT2D eigenvalue weighted by molar-refractivity contribution is 5.51. The van der Waals surface area contributed by atoms with E-state index >= 15 is 0 Å². The maximum Gasteiger partial charge on any atom is 0.0994 e. The van der Waals surface area contributed by atoms with Crippen molar-refractivity contribution in [1.29, 1.82) is 10.5 Å². The second kappa shape index (κ2) is 4.75. The molecule has 0 bridgehead atoms. The van der Waals surface area contributed by atoms with E-state index in [9.17, 15) is 5.26 Å². The van der Waals surface area contributed by atoms with Crippen LogP contribution in [0.15, 0.2) is 41.5 Å². The summed E-state index contributed by atoms with van der Waals surface area (Å²) in [6, 6.07) is 10.4. The third-order valence-electron chi connectivity index (χ3n) is 3.86. The number of nitrogens with zero attached hydrogens (tertiary/aromatic N) is 2. The molecule has 1 aliphatic carbocycles. The van der Waals surface area contributed by atoms with E-state index in [1.807, 2.05) is 32.1 Å². The number of hydrogen-bond donors (Lipinski definition) is 0. The van der Waals surface area contributed by atoms with Gasteiger partial charge in [-0.2, -0.15) is 10.5 Å². The van der Waals surface area contributed by atoms with Gasteiger partial charge in [-0.15, -0.1) is 0 Å². The van der Waals surface area contributed by atoms with E-state index < -0.39 is 0 Å². The third-order valence-corrected chi connectivity index (χ3v) is 3.86. The standard InChI is InChI=1S/C17H16N2/c1-12-4-5-16(8-14(12)10-18)17(3)7-6-13(2)15(9-17)11-19/h4-6,8-9H,7H2,1-3H3. The number of hydrogen-bond acceptors (Lipinski definition) is 2. The Balaban J connectivity index is 2.51. The van der Waals surface area contributed by atoms with Gasteiger partial charge in [0, 0.05) is 5.41 Å². The van der Waals surface area contributed by atoms with Crippen LogP contribution in [0.2, 0.25) is 0 Å². The molecular weight excluding hydrogens is 232 g/mol. The predicted octanol–water partition coefficient (Wildman–Crippen LogP) is 3.92. The van der Waals surface area contributed by atoms with E-state index in [1.165, 1.54) is 0 Å². The maximum atomic E-state index is 9.17. The summed E-state index contributed by atoms with van der Waals surface area (Å²) in [6.07, 6.45) is 4.98. The molecule has 1 unspecified atom stereocenters. The van der Waals surface area contributed by atoms with Gasteiger partial charge >= 0.3 is 0 Å². The molecule has 2 nitrogen and oxygen atoms in total. The minimum absolute atomic E-state index is 0.204. The first-order valence-corrected chi connectivity index (χ1v) is 6.31. The third kappa shape index (κ3) is 2.30. The Bertz CT molecular complexity index is 665. The number of rotatable bonds is 1. The Morgan fingerprint density at radius 1 is 1.16 bits per heavy atom. The molecule has 1 aliphatic rings. The largest absolute Gasteiger partial charge is 0.192 e. The fourth-order valence-corrected chi connectivity index (χ4v) is 2.39. The van der Waals surface area contributed by atoms with Crippen LogP contribution in [0.1, 0.15) is 37.0 Å². The molecule has 1 aromatic rings. The lowest BCUT2D eigenvalue weighted by atomic mass is 9.73. The monoisotopic (exact) mass is 248 g/mol. The number of allylic oxidation sites excluding steroid dienone is 4. The van der Waals surface area contributed by atoms with Crippen LogP contribution in [0.25, 0.3) is 0 Å². The summed E-state index contributed by atoms with van der Waals surface area (Å²) in [4.78, 5) is 0. The van der Waals surface area contributed by atoms with Gasteiger partial charge in [-0.1, -0.05) is 31.2 Å². The molecule has 0 amide bonds. The second-order valence-corrected chi connectivity index (χ2v) is 5.32. The van der Waals surface area contributed by atoms with Crippen LogP contribution in [0, 0.1) is 29.6 Å². The smallest absolute Gasteiger partial charge is 0.0994 e. The van der Waals surface area contributed by atoms with Crippen molar-refractivity contribution in [3.8, 4) is 12.1 Å². The first-order chi connectivity index (χ1) is 9.00. The van der Waals surface area contributed by atoms with Crippen molar-refractivity contribution in [3.63, 3.8) is 0 Å². The summed E-state index contributed by atoms with van der Waals surface area (Å²) in [6.45, 7) is 6.01. The maximum absolute atomic E-state index is 9.17. The highest BCUT2D eigenvalue weighted by atomic mass is 14.3. The van der Waals surface area contributed by atoms with Crippen LogP contribution >= 0.6 is 0 Å². The van der Waals surface area contributed by atoms with Crippen molar-refractivity contribution in [2.24, 2.45) is 0 Å². The molecule has 1 aromatic carbocycles. The molecule has 0 spiro atoms. The van der Waals surface area contributed by atoms with Crippen LogP contribution in [-0.2, 0) is 5.41 Å². The van der Waals surface area contributed by atoms with E-state index in [1.54, 1.807) is 0 Å². The lowest BCUT2D eigenvalue weighted by Gasteiger charge is -2.29. The van der Waals surface area contributed by atoms with Crippen LogP contribution in [0.4, 0.5) is 0 Å². The molecule has 0 radical (unpaired) electrons. The van der Waals surface area contributed by atoms with Crippen molar-refractivity contribution in [3.05, 3.63) is 58.2 Å². The molecule has 0 aromatic heterocycles.